The third-order valence-electron chi connectivity index (χ3n) is 3.32. The van der Waals surface area contributed by atoms with Gasteiger partial charge in [0.25, 0.3) is 0 Å². The number of aryl methyl sites for hydroxylation is 2. The summed E-state index contributed by atoms with van der Waals surface area (Å²) in [6.07, 6.45) is 3.03. The Labute approximate surface area is 121 Å². The zero-order valence-electron chi connectivity index (χ0n) is 11.0. The van der Waals surface area contributed by atoms with Crippen molar-refractivity contribution >= 4 is 21.6 Å². The molecule has 19 heavy (non-hydrogen) atoms. The molecule has 3 aromatic rings. The van der Waals surface area contributed by atoms with E-state index in [4.69, 9.17) is 4.98 Å². The Kier molecular flexibility index (Phi) is 3.15. The Morgan fingerprint density at radius 3 is 2.63 bits per heavy atom. The lowest BCUT2D eigenvalue weighted by Gasteiger charge is -2.05. The first-order valence-corrected chi connectivity index (χ1v) is 7.22. The molecule has 3 heteroatoms. The average Bonchev–Trinajstić information content (AvgIpc) is 2.78. The Morgan fingerprint density at radius 2 is 1.95 bits per heavy atom. The van der Waals surface area contributed by atoms with Gasteiger partial charge in [-0.15, -0.1) is 0 Å². The van der Waals surface area contributed by atoms with Gasteiger partial charge in [-0.25, -0.2) is 4.98 Å². The average molecular weight is 315 g/mol. The fourth-order valence-electron chi connectivity index (χ4n) is 2.46. The number of imidazole rings is 1. The lowest BCUT2D eigenvalue weighted by molar-refractivity contribution is 1.07. The van der Waals surface area contributed by atoms with Crippen molar-refractivity contribution in [3.05, 3.63) is 58.3 Å². The molecular weight excluding hydrogens is 300 g/mol. The molecule has 0 N–H and O–H groups in total. The molecule has 3 rings (SSSR count). The molecule has 2 nitrogen and oxygen atoms in total. The maximum atomic E-state index is 4.79. The van der Waals surface area contributed by atoms with Gasteiger partial charge in [-0.3, -0.25) is 4.40 Å². The molecule has 0 aliphatic rings. The van der Waals surface area contributed by atoms with E-state index in [1.165, 1.54) is 16.8 Å². The van der Waals surface area contributed by atoms with Gasteiger partial charge in [-0.1, -0.05) is 37.3 Å². The molecule has 0 fully saturated rings. The molecule has 0 spiro atoms. The molecule has 0 radical (unpaired) electrons. The molecule has 96 valence electrons. The van der Waals surface area contributed by atoms with Crippen molar-refractivity contribution in [1.82, 2.24) is 9.38 Å². The second kappa shape index (κ2) is 4.82. The lowest BCUT2D eigenvalue weighted by Crippen LogP contribution is -1.92. The lowest BCUT2D eigenvalue weighted by atomic mass is 10.1. The number of rotatable bonds is 2. The first-order chi connectivity index (χ1) is 9.20. The van der Waals surface area contributed by atoms with Gasteiger partial charge in [-0.2, -0.15) is 0 Å². The highest BCUT2D eigenvalue weighted by atomic mass is 79.9. The summed E-state index contributed by atoms with van der Waals surface area (Å²) < 4.78 is 3.27. The van der Waals surface area contributed by atoms with Crippen molar-refractivity contribution < 1.29 is 0 Å². The number of halogens is 1. The fraction of sp³-hybridized carbons (Fsp3) is 0.188. The van der Waals surface area contributed by atoms with Crippen LogP contribution in [0.2, 0.25) is 0 Å². The minimum absolute atomic E-state index is 0.933. The van der Waals surface area contributed by atoms with Crippen LogP contribution in [0.3, 0.4) is 0 Å². The van der Waals surface area contributed by atoms with Crippen LogP contribution in [0.1, 0.15) is 18.2 Å². The molecule has 0 aliphatic carbocycles. The molecule has 0 aliphatic heterocycles. The minimum atomic E-state index is 0.933. The normalized spacial score (nSPS) is 11.1. The van der Waals surface area contributed by atoms with Gasteiger partial charge in [-0.05, 0) is 40.9 Å². The Balaban J connectivity index is 2.39. The number of aromatic nitrogens is 2. The van der Waals surface area contributed by atoms with Crippen LogP contribution in [-0.2, 0) is 6.42 Å². The van der Waals surface area contributed by atoms with Gasteiger partial charge in [0.2, 0.25) is 0 Å². The molecule has 0 saturated heterocycles. The van der Waals surface area contributed by atoms with Crippen LogP contribution in [0.15, 0.2) is 47.1 Å². The van der Waals surface area contributed by atoms with Gasteiger partial charge >= 0.3 is 0 Å². The second-order valence-electron chi connectivity index (χ2n) is 4.66. The largest absolute Gasteiger partial charge is 0.298 e. The highest BCUT2D eigenvalue weighted by Gasteiger charge is 2.14. The summed E-state index contributed by atoms with van der Waals surface area (Å²) >= 11 is 3.57. The summed E-state index contributed by atoms with van der Waals surface area (Å²) in [4.78, 5) is 4.79. The van der Waals surface area contributed by atoms with E-state index in [0.29, 0.717) is 0 Å². The summed E-state index contributed by atoms with van der Waals surface area (Å²) in [5, 5.41) is 0. The third-order valence-corrected chi connectivity index (χ3v) is 3.76. The van der Waals surface area contributed by atoms with Crippen molar-refractivity contribution in [2.45, 2.75) is 20.3 Å². The van der Waals surface area contributed by atoms with Gasteiger partial charge in [0.15, 0.2) is 0 Å². The zero-order valence-corrected chi connectivity index (χ0v) is 12.6. The number of hydrogen-bond acceptors (Lipinski definition) is 1. The van der Waals surface area contributed by atoms with Crippen LogP contribution in [0.25, 0.3) is 16.9 Å². The predicted molar refractivity (Wildman–Crippen MR) is 82.4 cm³/mol. The summed E-state index contributed by atoms with van der Waals surface area (Å²) in [7, 11) is 0. The number of fused-ring (bicyclic) bond motifs is 1. The van der Waals surface area contributed by atoms with E-state index in [0.717, 1.165) is 22.2 Å². The van der Waals surface area contributed by atoms with E-state index in [1.54, 1.807) is 0 Å². The maximum Gasteiger partial charge on any atom is 0.140 e. The van der Waals surface area contributed by atoms with Crippen LogP contribution in [-0.4, -0.2) is 9.38 Å². The number of pyridine rings is 1. The molecule has 0 unspecified atom stereocenters. The van der Waals surface area contributed by atoms with Crippen LogP contribution in [0.4, 0.5) is 0 Å². The van der Waals surface area contributed by atoms with E-state index in [-0.39, 0.29) is 0 Å². The highest BCUT2D eigenvalue weighted by Crippen LogP contribution is 2.28. The minimum Gasteiger partial charge on any atom is -0.298 e. The Bertz CT molecular complexity index is 729. The topological polar surface area (TPSA) is 17.3 Å². The smallest absolute Gasteiger partial charge is 0.140 e. The van der Waals surface area contributed by atoms with Crippen LogP contribution in [0, 0.1) is 6.92 Å². The summed E-state index contributed by atoms with van der Waals surface area (Å²) in [6.45, 7) is 4.25. The number of hydrogen-bond donors (Lipinski definition) is 0. The van der Waals surface area contributed by atoms with Gasteiger partial charge in [0.1, 0.15) is 5.65 Å². The van der Waals surface area contributed by atoms with Crippen molar-refractivity contribution in [3.63, 3.8) is 0 Å². The Morgan fingerprint density at radius 1 is 1.21 bits per heavy atom. The number of nitrogens with zero attached hydrogens (tertiary/aromatic N) is 2. The summed E-state index contributed by atoms with van der Waals surface area (Å²) in [5.41, 5.74) is 5.78. The number of benzene rings is 1. The Hall–Kier alpha value is -1.61. The first-order valence-electron chi connectivity index (χ1n) is 6.43. The van der Waals surface area contributed by atoms with Crippen molar-refractivity contribution in [2.24, 2.45) is 0 Å². The van der Waals surface area contributed by atoms with E-state index in [1.807, 2.05) is 6.07 Å². The van der Waals surface area contributed by atoms with E-state index in [2.05, 4.69) is 70.7 Å². The SMILES string of the molecule is CCc1nc2c(C)cc(Br)cn2c1-c1ccccc1. The van der Waals surface area contributed by atoms with Crippen molar-refractivity contribution in [2.75, 3.05) is 0 Å². The van der Waals surface area contributed by atoms with Gasteiger partial charge < -0.3 is 0 Å². The molecule has 2 aromatic heterocycles. The molecule has 2 heterocycles. The van der Waals surface area contributed by atoms with Crippen molar-refractivity contribution in [1.29, 1.82) is 0 Å². The van der Waals surface area contributed by atoms with E-state index < -0.39 is 0 Å². The van der Waals surface area contributed by atoms with Crippen molar-refractivity contribution in [3.8, 4) is 11.3 Å². The molecule has 0 amide bonds. The monoisotopic (exact) mass is 314 g/mol. The fourth-order valence-corrected chi connectivity index (χ4v) is 3.01. The van der Waals surface area contributed by atoms with E-state index >= 15 is 0 Å². The predicted octanol–water partition coefficient (Wildman–Crippen LogP) is 4.63. The zero-order chi connectivity index (χ0) is 13.4. The molecule has 1 aromatic carbocycles. The van der Waals surface area contributed by atoms with E-state index in [9.17, 15) is 0 Å². The summed E-state index contributed by atoms with van der Waals surface area (Å²) in [5.74, 6) is 0. The molecule has 0 bridgehead atoms. The van der Waals surface area contributed by atoms with Crippen LogP contribution < -0.4 is 0 Å². The van der Waals surface area contributed by atoms with Gasteiger partial charge in [0.05, 0.1) is 11.4 Å². The molecule has 0 atom stereocenters. The standard InChI is InChI=1S/C16H15BrN2/c1-3-14-15(12-7-5-4-6-8-12)19-10-13(17)9-11(2)16(19)18-14/h4-10H,3H2,1-2H3. The van der Waals surface area contributed by atoms with Crippen LogP contribution in [0.5, 0.6) is 0 Å². The maximum absolute atomic E-state index is 4.79. The van der Waals surface area contributed by atoms with Gasteiger partial charge in [0, 0.05) is 16.2 Å². The quantitative estimate of drug-likeness (QED) is 0.674. The molecule has 0 saturated carbocycles. The summed E-state index contributed by atoms with van der Waals surface area (Å²) in [6, 6.07) is 12.6. The first kappa shape index (κ1) is 12.4. The highest BCUT2D eigenvalue weighted by molar-refractivity contribution is 9.10. The molecular formula is C16H15BrN2. The second-order valence-corrected chi connectivity index (χ2v) is 5.58. The third kappa shape index (κ3) is 2.08. The van der Waals surface area contributed by atoms with Crippen LogP contribution >= 0.6 is 15.9 Å².